The highest BCUT2D eigenvalue weighted by atomic mass is 31.1. The third kappa shape index (κ3) is 3.98. The Bertz CT molecular complexity index is 357. The maximum Gasteiger partial charge on any atom is 0.00952 e. The zero-order valence-corrected chi connectivity index (χ0v) is 17.0. The van der Waals surface area contributed by atoms with E-state index in [0.29, 0.717) is 0 Å². The zero-order valence-electron chi connectivity index (χ0n) is 16.1. The quantitative estimate of drug-likeness (QED) is 0.547. The lowest BCUT2D eigenvalue weighted by Gasteiger charge is -2.45. The lowest BCUT2D eigenvalue weighted by Crippen LogP contribution is -2.39. The minimum atomic E-state index is 0.256. The summed E-state index contributed by atoms with van der Waals surface area (Å²) in [6, 6.07) is 0.778. The van der Waals surface area contributed by atoms with E-state index in [2.05, 4.69) is 32.8 Å². The standard InChI is InChI=1S/C21H40NP/c1-16-14-15-20(17(2)22(3)4)21(16)23(19-12-8-9-13-19)18-10-6-5-7-11-18/h16-21H,5-15H2,1-4H3. The van der Waals surface area contributed by atoms with Gasteiger partial charge in [0.15, 0.2) is 0 Å². The third-order valence-corrected chi connectivity index (χ3v) is 11.8. The van der Waals surface area contributed by atoms with Crippen molar-refractivity contribution < 1.29 is 0 Å². The van der Waals surface area contributed by atoms with Crippen molar-refractivity contribution in [1.29, 1.82) is 0 Å². The third-order valence-electron chi connectivity index (χ3n) is 7.50. The SMILES string of the molecule is CC1CCC(C(C)N(C)C)C1P(C1CCCCC1)C1CCCC1. The second kappa shape index (κ2) is 8.18. The molecule has 23 heavy (non-hydrogen) atoms. The molecule has 2 heteroatoms. The van der Waals surface area contributed by atoms with Crippen LogP contribution in [-0.4, -0.2) is 42.0 Å². The van der Waals surface area contributed by atoms with E-state index in [0.717, 1.165) is 34.9 Å². The Balaban J connectivity index is 1.83. The lowest BCUT2D eigenvalue weighted by molar-refractivity contribution is 0.228. The van der Waals surface area contributed by atoms with E-state index in [1.54, 1.807) is 25.7 Å². The number of nitrogens with zero attached hydrogens (tertiary/aromatic N) is 1. The van der Waals surface area contributed by atoms with Crippen LogP contribution in [0.1, 0.15) is 84.5 Å². The molecule has 0 N–H and O–H groups in total. The van der Waals surface area contributed by atoms with E-state index >= 15 is 0 Å². The van der Waals surface area contributed by atoms with Crippen molar-refractivity contribution in [3.05, 3.63) is 0 Å². The molecule has 0 aliphatic heterocycles. The van der Waals surface area contributed by atoms with Gasteiger partial charge in [0, 0.05) is 6.04 Å². The second-order valence-corrected chi connectivity index (χ2v) is 12.0. The van der Waals surface area contributed by atoms with Crippen LogP contribution in [0.3, 0.4) is 0 Å². The van der Waals surface area contributed by atoms with Crippen molar-refractivity contribution in [2.45, 2.75) is 107 Å². The summed E-state index contributed by atoms with van der Waals surface area (Å²) in [5, 5.41) is 0. The van der Waals surface area contributed by atoms with Gasteiger partial charge < -0.3 is 4.90 Å². The van der Waals surface area contributed by atoms with Crippen LogP contribution in [0.4, 0.5) is 0 Å². The number of hydrogen-bond donors (Lipinski definition) is 0. The van der Waals surface area contributed by atoms with Gasteiger partial charge in [0.05, 0.1) is 0 Å². The first-order chi connectivity index (χ1) is 11.1. The van der Waals surface area contributed by atoms with E-state index in [9.17, 15) is 0 Å². The van der Waals surface area contributed by atoms with Gasteiger partial charge in [0.1, 0.15) is 0 Å². The number of rotatable bonds is 5. The van der Waals surface area contributed by atoms with Crippen LogP contribution in [-0.2, 0) is 0 Å². The van der Waals surface area contributed by atoms with Crippen LogP contribution in [0, 0.1) is 11.8 Å². The summed E-state index contributed by atoms with van der Waals surface area (Å²) in [5.41, 5.74) is 3.34. The van der Waals surface area contributed by atoms with Gasteiger partial charge >= 0.3 is 0 Å². The van der Waals surface area contributed by atoms with Crippen LogP contribution in [0.2, 0.25) is 0 Å². The summed E-state index contributed by atoms with van der Waals surface area (Å²) in [5.74, 6) is 1.98. The van der Waals surface area contributed by atoms with Crippen molar-refractivity contribution in [2.75, 3.05) is 14.1 Å². The van der Waals surface area contributed by atoms with Gasteiger partial charge in [0.2, 0.25) is 0 Å². The Morgan fingerprint density at radius 3 is 1.83 bits per heavy atom. The normalized spacial score (nSPS) is 36.7. The zero-order chi connectivity index (χ0) is 16.4. The van der Waals surface area contributed by atoms with Crippen LogP contribution in [0.25, 0.3) is 0 Å². The molecule has 5 unspecified atom stereocenters. The molecule has 0 amide bonds. The molecule has 3 saturated carbocycles. The predicted molar refractivity (Wildman–Crippen MR) is 105 cm³/mol. The molecule has 1 nitrogen and oxygen atoms in total. The molecular formula is C21H40NP. The molecule has 0 bridgehead atoms. The highest BCUT2D eigenvalue weighted by Gasteiger charge is 2.46. The summed E-state index contributed by atoms with van der Waals surface area (Å²) in [6.45, 7) is 5.12. The fraction of sp³-hybridized carbons (Fsp3) is 1.00. The van der Waals surface area contributed by atoms with Crippen LogP contribution in [0.5, 0.6) is 0 Å². The first kappa shape index (κ1) is 18.2. The molecule has 3 aliphatic carbocycles. The average Bonchev–Trinajstić information content (AvgIpc) is 3.19. The monoisotopic (exact) mass is 337 g/mol. The highest BCUT2D eigenvalue weighted by molar-refractivity contribution is 7.60. The molecule has 0 aromatic heterocycles. The van der Waals surface area contributed by atoms with Crippen LogP contribution in [0.15, 0.2) is 0 Å². The van der Waals surface area contributed by atoms with Gasteiger partial charge in [-0.3, -0.25) is 0 Å². The average molecular weight is 338 g/mol. The Morgan fingerprint density at radius 1 is 0.783 bits per heavy atom. The Morgan fingerprint density at radius 2 is 1.30 bits per heavy atom. The fourth-order valence-corrected chi connectivity index (χ4v) is 11.1. The summed E-state index contributed by atoms with van der Waals surface area (Å²) in [4.78, 5) is 2.51. The number of hydrogen-bond acceptors (Lipinski definition) is 1. The Labute approximate surface area is 146 Å². The summed E-state index contributed by atoms with van der Waals surface area (Å²) in [6.07, 6.45) is 17.0. The molecule has 0 heterocycles. The first-order valence-corrected chi connectivity index (χ1v) is 12.1. The molecule has 0 saturated heterocycles. The first-order valence-electron chi connectivity index (χ1n) is 10.5. The fourth-order valence-electron chi connectivity index (χ4n) is 6.01. The van der Waals surface area contributed by atoms with E-state index in [1.807, 2.05) is 0 Å². The minimum Gasteiger partial charge on any atom is -0.306 e. The van der Waals surface area contributed by atoms with Crippen molar-refractivity contribution in [3.63, 3.8) is 0 Å². The molecule has 5 atom stereocenters. The topological polar surface area (TPSA) is 3.24 Å². The van der Waals surface area contributed by atoms with Gasteiger partial charge in [-0.1, -0.05) is 46.9 Å². The van der Waals surface area contributed by atoms with Crippen LogP contribution < -0.4 is 0 Å². The Hall–Kier alpha value is 0.390. The molecule has 0 radical (unpaired) electrons. The summed E-state index contributed by atoms with van der Waals surface area (Å²) >= 11 is 0. The molecule has 0 aromatic carbocycles. The Kier molecular flexibility index (Phi) is 6.47. The van der Waals surface area contributed by atoms with Gasteiger partial charge in [-0.2, -0.15) is 0 Å². The highest BCUT2D eigenvalue weighted by Crippen LogP contribution is 2.65. The van der Waals surface area contributed by atoms with E-state index in [4.69, 9.17) is 0 Å². The van der Waals surface area contributed by atoms with Crippen LogP contribution >= 0.6 is 7.92 Å². The molecule has 3 rings (SSSR count). The van der Waals surface area contributed by atoms with E-state index < -0.39 is 0 Å². The van der Waals surface area contributed by atoms with Gasteiger partial charge in [0.25, 0.3) is 0 Å². The molecular weight excluding hydrogens is 297 g/mol. The van der Waals surface area contributed by atoms with Crippen molar-refractivity contribution in [3.8, 4) is 0 Å². The van der Waals surface area contributed by atoms with Crippen molar-refractivity contribution in [2.24, 2.45) is 11.8 Å². The smallest absolute Gasteiger partial charge is 0.00952 e. The molecule has 3 aliphatic rings. The van der Waals surface area contributed by atoms with Gasteiger partial charge in [-0.05, 0) is 88.4 Å². The second-order valence-electron chi connectivity index (χ2n) is 9.09. The van der Waals surface area contributed by atoms with Gasteiger partial charge in [-0.25, -0.2) is 0 Å². The summed E-state index contributed by atoms with van der Waals surface area (Å²) in [7, 11) is 4.87. The molecule has 0 spiro atoms. The van der Waals surface area contributed by atoms with Crippen molar-refractivity contribution >= 4 is 7.92 Å². The molecule has 134 valence electrons. The van der Waals surface area contributed by atoms with E-state index in [-0.39, 0.29) is 7.92 Å². The lowest BCUT2D eigenvalue weighted by atomic mass is 9.97. The maximum absolute atomic E-state index is 2.61. The largest absolute Gasteiger partial charge is 0.306 e. The van der Waals surface area contributed by atoms with Crippen molar-refractivity contribution in [1.82, 2.24) is 4.90 Å². The minimum absolute atomic E-state index is 0.256. The predicted octanol–water partition coefficient (Wildman–Crippen LogP) is 6.11. The van der Waals surface area contributed by atoms with E-state index in [1.165, 1.54) is 44.9 Å². The molecule has 0 aromatic rings. The molecule has 3 fully saturated rings. The van der Waals surface area contributed by atoms with Gasteiger partial charge in [-0.15, -0.1) is 0 Å². The maximum atomic E-state index is 2.61. The summed E-state index contributed by atoms with van der Waals surface area (Å²) < 4.78 is 0.